The van der Waals surface area contributed by atoms with Crippen molar-refractivity contribution in [2.45, 2.75) is 65.0 Å². The van der Waals surface area contributed by atoms with Gasteiger partial charge in [-0.25, -0.2) is 0 Å². The van der Waals surface area contributed by atoms with Crippen molar-refractivity contribution in [2.24, 2.45) is 5.73 Å². The molecule has 2 nitrogen and oxygen atoms in total. The predicted molar refractivity (Wildman–Crippen MR) is 87.0 cm³/mol. The molecule has 2 N–H and O–H groups in total. The molecular formula is C18H30N2. The maximum absolute atomic E-state index is 6.80. The van der Waals surface area contributed by atoms with E-state index in [1.165, 1.54) is 42.6 Å². The summed E-state index contributed by atoms with van der Waals surface area (Å²) >= 11 is 0. The van der Waals surface area contributed by atoms with Crippen LogP contribution >= 0.6 is 0 Å². The Morgan fingerprint density at radius 3 is 2.30 bits per heavy atom. The molecule has 1 aliphatic rings. The predicted octanol–water partition coefficient (Wildman–Crippen LogP) is 3.96. The van der Waals surface area contributed by atoms with Crippen LogP contribution in [0.25, 0.3) is 0 Å². The van der Waals surface area contributed by atoms with Gasteiger partial charge in [-0.2, -0.15) is 0 Å². The lowest BCUT2D eigenvalue weighted by Crippen LogP contribution is -2.53. The van der Waals surface area contributed by atoms with Gasteiger partial charge in [0.15, 0.2) is 0 Å². The van der Waals surface area contributed by atoms with Gasteiger partial charge >= 0.3 is 0 Å². The molecule has 20 heavy (non-hydrogen) atoms. The maximum Gasteiger partial charge on any atom is 0.0484 e. The van der Waals surface area contributed by atoms with Crippen LogP contribution in [0.15, 0.2) is 18.2 Å². The van der Waals surface area contributed by atoms with Crippen LogP contribution in [-0.2, 0) is 0 Å². The van der Waals surface area contributed by atoms with Crippen molar-refractivity contribution >= 4 is 0 Å². The third-order valence-electron chi connectivity index (χ3n) is 5.31. The Hall–Kier alpha value is -0.860. The molecule has 1 aromatic rings. The zero-order valence-electron chi connectivity index (χ0n) is 13.6. The van der Waals surface area contributed by atoms with E-state index < -0.39 is 0 Å². The normalized spacial score (nSPS) is 18.4. The van der Waals surface area contributed by atoms with E-state index in [0.29, 0.717) is 0 Å². The van der Waals surface area contributed by atoms with Crippen molar-refractivity contribution in [3.05, 3.63) is 34.9 Å². The smallest absolute Gasteiger partial charge is 0.0484 e. The minimum atomic E-state index is 0.107. The third-order valence-corrected chi connectivity index (χ3v) is 5.31. The quantitative estimate of drug-likeness (QED) is 0.880. The Kier molecular flexibility index (Phi) is 4.87. The van der Waals surface area contributed by atoms with E-state index in [1.54, 1.807) is 0 Å². The van der Waals surface area contributed by atoms with Crippen LogP contribution in [0, 0.1) is 13.8 Å². The van der Waals surface area contributed by atoms with Gasteiger partial charge in [0.05, 0.1) is 0 Å². The molecule has 0 spiro atoms. The Labute approximate surface area is 124 Å². The molecule has 0 aliphatic carbocycles. The molecule has 1 saturated heterocycles. The Balaban J connectivity index is 2.39. The first-order chi connectivity index (χ1) is 9.55. The van der Waals surface area contributed by atoms with Crippen molar-refractivity contribution in [1.29, 1.82) is 0 Å². The Morgan fingerprint density at radius 2 is 1.75 bits per heavy atom. The molecule has 0 saturated carbocycles. The fourth-order valence-corrected chi connectivity index (χ4v) is 3.88. The zero-order valence-corrected chi connectivity index (χ0v) is 13.6. The summed E-state index contributed by atoms with van der Waals surface area (Å²) < 4.78 is 0. The minimum absolute atomic E-state index is 0.107. The lowest BCUT2D eigenvalue weighted by Gasteiger charge is -2.46. The number of benzene rings is 1. The number of likely N-dealkylation sites (tertiary alicyclic amines) is 1. The van der Waals surface area contributed by atoms with E-state index in [-0.39, 0.29) is 11.6 Å². The van der Waals surface area contributed by atoms with E-state index in [2.05, 4.69) is 50.8 Å². The molecule has 0 bridgehead atoms. The molecular weight excluding hydrogens is 244 g/mol. The van der Waals surface area contributed by atoms with Crippen LogP contribution in [0.1, 0.15) is 62.3 Å². The second-order valence-electron chi connectivity index (χ2n) is 6.34. The number of hydrogen-bond donors (Lipinski definition) is 1. The van der Waals surface area contributed by atoms with Crippen LogP contribution in [0.4, 0.5) is 0 Å². The van der Waals surface area contributed by atoms with Crippen LogP contribution < -0.4 is 5.73 Å². The highest BCUT2D eigenvalue weighted by molar-refractivity contribution is 5.35. The molecule has 2 rings (SSSR count). The monoisotopic (exact) mass is 274 g/mol. The SMILES string of the molecule is CCC(CC)(C(N)c1cc(C)ccc1C)N1CCCC1. The summed E-state index contributed by atoms with van der Waals surface area (Å²) in [6, 6.07) is 6.79. The highest BCUT2D eigenvalue weighted by Crippen LogP contribution is 2.39. The highest BCUT2D eigenvalue weighted by atomic mass is 15.2. The summed E-state index contributed by atoms with van der Waals surface area (Å²) in [4.78, 5) is 2.65. The van der Waals surface area contributed by atoms with E-state index in [1.807, 2.05) is 0 Å². The number of nitrogens with zero attached hydrogens (tertiary/aromatic N) is 1. The molecule has 1 aromatic carbocycles. The summed E-state index contributed by atoms with van der Waals surface area (Å²) in [5.74, 6) is 0. The fraction of sp³-hybridized carbons (Fsp3) is 0.667. The van der Waals surface area contributed by atoms with Crippen LogP contribution in [0.3, 0.4) is 0 Å². The average Bonchev–Trinajstić information content (AvgIpc) is 2.98. The van der Waals surface area contributed by atoms with Gasteiger partial charge in [-0.1, -0.05) is 37.6 Å². The van der Waals surface area contributed by atoms with Gasteiger partial charge in [-0.15, -0.1) is 0 Å². The summed E-state index contributed by atoms with van der Waals surface area (Å²) in [5.41, 5.74) is 10.9. The lowest BCUT2D eigenvalue weighted by molar-refractivity contribution is 0.0764. The first-order valence-electron chi connectivity index (χ1n) is 8.13. The maximum atomic E-state index is 6.80. The summed E-state index contributed by atoms with van der Waals surface area (Å²) in [7, 11) is 0. The summed E-state index contributed by atoms with van der Waals surface area (Å²) in [5, 5.41) is 0. The molecule has 0 aromatic heterocycles. The zero-order chi connectivity index (χ0) is 14.8. The van der Waals surface area contributed by atoms with Gasteiger partial charge in [0.2, 0.25) is 0 Å². The molecule has 1 fully saturated rings. The van der Waals surface area contributed by atoms with Crippen molar-refractivity contribution in [3.63, 3.8) is 0 Å². The van der Waals surface area contributed by atoms with E-state index >= 15 is 0 Å². The largest absolute Gasteiger partial charge is 0.322 e. The lowest BCUT2D eigenvalue weighted by atomic mass is 9.78. The number of hydrogen-bond acceptors (Lipinski definition) is 2. The third kappa shape index (κ3) is 2.64. The molecule has 0 amide bonds. The second-order valence-corrected chi connectivity index (χ2v) is 6.34. The molecule has 112 valence electrons. The number of rotatable bonds is 5. The van der Waals surface area contributed by atoms with Gasteiger partial charge in [0.1, 0.15) is 0 Å². The first kappa shape index (κ1) is 15.5. The van der Waals surface area contributed by atoms with Crippen LogP contribution in [0.2, 0.25) is 0 Å². The highest BCUT2D eigenvalue weighted by Gasteiger charge is 2.41. The van der Waals surface area contributed by atoms with Gasteiger partial charge in [0, 0.05) is 11.6 Å². The van der Waals surface area contributed by atoms with E-state index in [4.69, 9.17) is 5.73 Å². The van der Waals surface area contributed by atoms with Crippen LogP contribution in [0.5, 0.6) is 0 Å². The van der Waals surface area contributed by atoms with Crippen molar-refractivity contribution in [1.82, 2.24) is 4.90 Å². The van der Waals surface area contributed by atoms with E-state index in [0.717, 1.165) is 12.8 Å². The fourth-order valence-electron chi connectivity index (χ4n) is 3.88. The van der Waals surface area contributed by atoms with Gasteiger partial charge in [0.25, 0.3) is 0 Å². The second kappa shape index (κ2) is 6.28. The standard InChI is InChI=1S/C18H30N2/c1-5-18(6-2,20-11-7-8-12-20)17(19)16-13-14(3)9-10-15(16)4/h9-10,13,17H,5-8,11-12,19H2,1-4H3. The number of nitrogens with two attached hydrogens (primary N) is 1. The molecule has 1 unspecified atom stereocenters. The molecule has 2 heteroatoms. The summed E-state index contributed by atoms with van der Waals surface area (Å²) in [6.45, 7) is 11.4. The molecule has 1 heterocycles. The topological polar surface area (TPSA) is 29.3 Å². The van der Waals surface area contributed by atoms with Crippen molar-refractivity contribution in [3.8, 4) is 0 Å². The Bertz CT molecular complexity index is 443. The molecule has 1 aliphatic heterocycles. The Morgan fingerprint density at radius 1 is 1.15 bits per heavy atom. The summed E-state index contributed by atoms with van der Waals surface area (Å²) in [6.07, 6.45) is 4.89. The minimum Gasteiger partial charge on any atom is -0.322 e. The van der Waals surface area contributed by atoms with Gasteiger partial charge in [-0.05, 0) is 63.7 Å². The van der Waals surface area contributed by atoms with Crippen LogP contribution in [-0.4, -0.2) is 23.5 Å². The van der Waals surface area contributed by atoms with Gasteiger partial charge in [-0.3, -0.25) is 4.90 Å². The number of aryl methyl sites for hydroxylation is 2. The van der Waals surface area contributed by atoms with Crippen molar-refractivity contribution in [2.75, 3.05) is 13.1 Å². The van der Waals surface area contributed by atoms with Crippen molar-refractivity contribution < 1.29 is 0 Å². The molecule has 0 radical (unpaired) electrons. The van der Waals surface area contributed by atoms with E-state index in [9.17, 15) is 0 Å². The first-order valence-corrected chi connectivity index (χ1v) is 8.13. The average molecular weight is 274 g/mol. The molecule has 1 atom stereocenters. The van der Waals surface area contributed by atoms with Gasteiger partial charge < -0.3 is 5.73 Å².